The number of hydrogen-bond acceptors (Lipinski definition) is 19. The van der Waals surface area contributed by atoms with E-state index in [1.165, 1.54) is 19.2 Å². The molecule has 7 heterocycles. The lowest BCUT2D eigenvalue weighted by atomic mass is 9.87. The van der Waals surface area contributed by atoms with Crippen molar-refractivity contribution < 1.29 is 76.4 Å². The summed E-state index contributed by atoms with van der Waals surface area (Å²) in [5.41, 5.74) is 21.5. The van der Waals surface area contributed by atoms with Crippen molar-refractivity contribution in [2.24, 2.45) is 5.73 Å². The van der Waals surface area contributed by atoms with E-state index >= 15 is 0 Å². The van der Waals surface area contributed by atoms with Crippen molar-refractivity contribution >= 4 is 62.5 Å². The van der Waals surface area contributed by atoms with Crippen LogP contribution in [-0.2, 0) is 70.3 Å². The third-order valence-corrected chi connectivity index (χ3v) is 25.8. The van der Waals surface area contributed by atoms with Crippen LogP contribution >= 0.6 is 11.6 Å². The number of sulfonamides is 1. The lowest BCUT2D eigenvalue weighted by molar-refractivity contribution is -0.121. The smallest absolute Gasteiger partial charge is 0.248 e. The number of aliphatic hydroxyl groups is 1. The highest BCUT2D eigenvalue weighted by Gasteiger charge is 2.54. The second-order valence-corrected chi connectivity index (χ2v) is 33.9. The Morgan fingerprint density at radius 1 is 0.484 bits per heavy atom. The summed E-state index contributed by atoms with van der Waals surface area (Å²) in [4.78, 5) is 82.8. The Balaban J connectivity index is 0.000000151. The third-order valence-electron chi connectivity index (χ3n) is 24.1. The molecule has 628 valence electrons. The van der Waals surface area contributed by atoms with Crippen LogP contribution in [0.2, 0.25) is 5.02 Å². The van der Waals surface area contributed by atoms with Crippen LogP contribution < -0.4 is 54.2 Å². The van der Waals surface area contributed by atoms with Gasteiger partial charge in [0, 0.05) is 63.8 Å². The SMILES string of the molecule is CNS(=O)(=O)c1ccc(-c2cccc(NC(=O)C3(c4ccc(OC)cc4)CC3)n2)cc1.Cc1c(-c2ccc(C(N)=O)cc2)cnc(CC(=O)C2(c3ccc4c(c3)OCO4)CC2)c1C.Cc1cc(-c2ccc(Cl)cc2)cnc1CC(=O)C1(c2ccc3c(c2)OCO3)CC1.Cc1ccc(NC(=O)C2(c3ccc4c(c3)OCO4)CC2)nc1-c1ccc(CO)cc1.[HH].[HH].[HH].[HH]. The number of benzene rings is 8. The summed E-state index contributed by atoms with van der Waals surface area (Å²) in [6.07, 6.45) is 10.8. The number of primary amides is 1. The fourth-order valence-electron chi connectivity index (χ4n) is 15.7. The Labute approximate surface area is 717 Å². The number of nitrogens with two attached hydrogens (primary N) is 1. The largest absolute Gasteiger partial charge is 0.497 e. The van der Waals surface area contributed by atoms with Gasteiger partial charge in [0.25, 0.3) is 0 Å². The maximum absolute atomic E-state index is 13.4. The van der Waals surface area contributed by atoms with Crippen LogP contribution in [0.25, 0.3) is 44.8 Å². The molecule has 23 nitrogen and oxygen atoms in total. The molecule has 4 fully saturated rings. The summed E-state index contributed by atoms with van der Waals surface area (Å²) in [7, 11) is -0.515. The third kappa shape index (κ3) is 17.2. The number of hydrogen-bond donors (Lipinski definition) is 5. The van der Waals surface area contributed by atoms with Crippen LogP contribution in [0, 0.1) is 27.7 Å². The molecule has 0 saturated heterocycles. The van der Waals surface area contributed by atoms with E-state index < -0.39 is 37.6 Å². The monoisotopic (exact) mass is 1680 g/mol. The summed E-state index contributed by atoms with van der Waals surface area (Å²) in [6, 6.07) is 65.1. The highest BCUT2D eigenvalue weighted by Crippen LogP contribution is 2.55. The van der Waals surface area contributed by atoms with Gasteiger partial charge in [-0.05, 0) is 257 Å². The molecule has 8 aromatic carbocycles. The van der Waals surface area contributed by atoms with Crippen LogP contribution in [0.5, 0.6) is 40.2 Å². The first kappa shape index (κ1) is 82.6. The average Bonchev–Trinajstić information content (AvgIpc) is 1.61. The van der Waals surface area contributed by atoms with Crippen LogP contribution in [-0.4, -0.2) is 97.3 Å². The van der Waals surface area contributed by atoms with Gasteiger partial charge in [0.2, 0.25) is 48.1 Å². The number of ketones is 2. The molecule has 4 saturated carbocycles. The number of anilines is 2. The fourth-order valence-corrected chi connectivity index (χ4v) is 16.6. The van der Waals surface area contributed by atoms with Crippen molar-refractivity contribution in [3.05, 3.63) is 297 Å². The van der Waals surface area contributed by atoms with Crippen molar-refractivity contribution in [1.29, 1.82) is 0 Å². The number of nitrogens with one attached hydrogen (secondary N) is 3. The second kappa shape index (κ2) is 34.2. The van der Waals surface area contributed by atoms with E-state index in [0.29, 0.717) is 58.0 Å². The Morgan fingerprint density at radius 3 is 1.47 bits per heavy atom. The standard InChI is InChI=1S/C26H24N2O4.C24H20ClNO3.C24H22N2O4.C23H23N3O4S.4H2/c1-15-16(2)21(28-13-20(15)17-3-5-18(6-4-17)25(27)30)12-24(29)26(9-10-26)19-7-8-22-23(11-19)32-14-31-22;1-15-10-17(16-2-5-19(25)6-3-16)13-26-20(15)12-23(27)24(8-9-24)18-4-7-21-22(11-18)29-14-28-21;1-15-2-9-21(25-22(15)17-5-3-16(13-27)4-6-17)26-23(28)24(10-11-24)18-7-8-19-20(12-18)30-14-29-19;1-24-31(28,29)19-12-6-16(7-13-19)20-4-3-5-21(25-20)26-22(27)23(14-15-23)17-8-10-18(30-2)11-9-17;;;;/h3-8,11,13H,9-10,12,14H2,1-2H3,(H2,27,30);2-7,10-11,13H,8-9,12,14H2,1H3;2-9,12,27H,10-11,13-14H2,1H3,(H,25,26,28);3-13,24H,14-15H2,1-2H3,(H,25,26,27);4*1H. The van der Waals surface area contributed by atoms with Crippen molar-refractivity contribution in [2.45, 2.75) is 125 Å². The zero-order valence-electron chi connectivity index (χ0n) is 68.1. The predicted octanol–water partition coefficient (Wildman–Crippen LogP) is 17.6. The van der Waals surface area contributed by atoms with Gasteiger partial charge in [-0.1, -0.05) is 115 Å². The average molecular weight is 1680 g/mol. The van der Waals surface area contributed by atoms with Gasteiger partial charge in [-0.2, -0.15) is 0 Å². The van der Waals surface area contributed by atoms with Crippen LogP contribution in [0.1, 0.15) is 129 Å². The number of amides is 3. The van der Waals surface area contributed by atoms with Crippen molar-refractivity contribution in [3.63, 3.8) is 0 Å². The van der Waals surface area contributed by atoms with E-state index in [2.05, 4.69) is 36.4 Å². The first-order valence-electron chi connectivity index (χ1n) is 40.2. The number of methoxy groups -OCH3 is 1. The van der Waals surface area contributed by atoms with Crippen LogP contribution in [0.15, 0.2) is 230 Å². The molecule has 0 bridgehead atoms. The quantitative estimate of drug-likeness (QED) is 0.0397. The van der Waals surface area contributed by atoms with E-state index in [-0.39, 0.29) is 61.0 Å². The minimum Gasteiger partial charge on any atom is -0.497 e. The van der Waals surface area contributed by atoms with Crippen molar-refractivity contribution in [2.75, 3.05) is 45.2 Å². The number of fused-ring (bicyclic) bond motifs is 3. The lowest BCUT2D eigenvalue weighted by Crippen LogP contribution is -2.28. The number of Topliss-reactive ketones (excluding diaryl/α,β-unsaturated/α-hetero) is 2. The number of nitrogens with zero attached hydrogens (tertiary/aromatic N) is 4. The first-order valence-corrected chi connectivity index (χ1v) is 42.1. The van der Waals surface area contributed by atoms with Crippen molar-refractivity contribution in [1.82, 2.24) is 24.7 Å². The minimum atomic E-state index is -3.50. The van der Waals surface area contributed by atoms with Gasteiger partial charge < -0.3 is 54.6 Å². The molecule has 3 aliphatic heterocycles. The maximum Gasteiger partial charge on any atom is 0.248 e. The van der Waals surface area contributed by atoms with Gasteiger partial charge in [-0.15, -0.1) is 0 Å². The van der Waals surface area contributed by atoms with Gasteiger partial charge in [0.05, 0.1) is 63.0 Å². The number of carbonyl (C=O) groups excluding carboxylic acids is 5. The molecule has 12 aromatic rings. The number of ether oxygens (including phenoxy) is 7. The van der Waals surface area contributed by atoms with Crippen LogP contribution in [0.3, 0.4) is 0 Å². The van der Waals surface area contributed by atoms with Crippen LogP contribution in [0.4, 0.5) is 11.6 Å². The summed E-state index contributed by atoms with van der Waals surface area (Å²) in [5.74, 6) is 5.84. The van der Waals surface area contributed by atoms with E-state index in [1.807, 2.05) is 204 Å². The summed E-state index contributed by atoms with van der Waals surface area (Å²) in [5, 5.41) is 15.9. The molecule has 25 heteroatoms. The van der Waals surface area contributed by atoms with Gasteiger partial charge in [0.1, 0.15) is 29.0 Å². The van der Waals surface area contributed by atoms with E-state index in [4.69, 9.17) is 55.5 Å². The molecule has 122 heavy (non-hydrogen) atoms. The van der Waals surface area contributed by atoms with Gasteiger partial charge >= 0.3 is 0 Å². The molecule has 0 atom stereocenters. The van der Waals surface area contributed by atoms with Crippen molar-refractivity contribution in [3.8, 4) is 85.0 Å². The highest BCUT2D eigenvalue weighted by atomic mass is 35.5. The number of pyridine rings is 4. The molecule has 3 amide bonds. The lowest BCUT2D eigenvalue weighted by Gasteiger charge is -2.17. The van der Waals surface area contributed by atoms with Gasteiger partial charge in [-0.3, -0.25) is 33.9 Å². The molecule has 0 spiro atoms. The molecule has 4 aromatic heterocycles. The topological polar surface area (TPSA) is 318 Å². The second-order valence-electron chi connectivity index (χ2n) is 31.5. The summed E-state index contributed by atoms with van der Waals surface area (Å²) in [6.45, 7) is 8.72. The summed E-state index contributed by atoms with van der Waals surface area (Å²) < 4.78 is 63.9. The molecule has 0 radical (unpaired) electrons. The number of halogens is 1. The predicted molar refractivity (Wildman–Crippen MR) is 471 cm³/mol. The molecule has 19 rings (SSSR count). The summed E-state index contributed by atoms with van der Waals surface area (Å²) >= 11 is 5.98. The Morgan fingerprint density at radius 2 is 0.959 bits per heavy atom. The van der Waals surface area contributed by atoms with Gasteiger partial charge in [0.15, 0.2) is 34.5 Å². The number of carbonyl (C=O) groups is 5. The molecule has 7 aliphatic rings. The number of aryl methyl sites for hydroxylation is 2. The Kier molecular flexibility index (Phi) is 23.1. The zero-order valence-corrected chi connectivity index (χ0v) is 69.6. The van der Waals surface area contributed by atoms with E-state index in [1.54, 1.807) is 37.4 Å². The normalized spacial score (nSPS) is 15.4. The molecule has 4 aliphatic carbocycles. The highest BCUT2D eigenvalue weighted by molar-refractivity contribution is 7.89. The molecule has 6 N–H and O–H groups in total. The zero-order chi connectivity index (χ0) is 85.2. The Bertz CT molecular complexity index is 6200. The van der Waals surface area contributed by atoms with E-state index in [0.717, 1.165) is 175 Å². The maximum atomic E-state index is 13.4. The van der Waals surface area contributed by atoms with E-state index in [9.17, 15) is 37.5 Å². The molecule has 0 unspecified atom stereocenters. The first-order chi connectivity index (χ1) is 58.9. The molecular formula is C97H97ClN8O15S. The number of rotatable bonds is 23. The number of aromatic nitrogens is 4. The molecular weight excluding hydrogens is 1580 g/mol. The minimum absolute atomic E-state index is 0. The Hall–Kier alpha value is -13.1. The number of aliphatic hydroxyl groups excluding tert-OH is 1. The fraction of sp³-hybridized carbons (Fsp3) is 0.247. The van der Waals surface area contributed by atoms with Gasteiger partial charge in [-0.25, -0.2) is 23.1 Å².